The molecule has 13 heteroatoms. The number of rotatable bonds is 7. The minimum absolute atomic E-state index is 0.00160. The van der Waals surface area contributed by atoms with E-state index >= 15 is 0 Å². The van der Waals surface area contributed by atoms with Crippen molar-refractivity contribution in [2.45, 2.75) is 57.2 Å². The average Bonchev–Trinajstić information content (AvgIpc) is 2.79. The maximum absolute atomic E-state index is 13.0. The highest BCUT2D eigenvalue weighted by molar-refractivity contribution is 6.28. The molecule has 0 aromatic rings. The summed E-state index contributed by atoms with van der Waals surface area (Å²) in [6.07, 6.45) is 0.502. The third-order valence-electron chi connectivity index (χ3n) is 4.77. The summed E-state index contributed by atoms with van der Waals surface area (Å²) < 4.78 is 0. The summed E-state index contributed by atoms with van der Waals surface area (Å²) in [7, 11) is 0. The fraction of sp³-hybridized carbons (Fsp3) is 0.588. The molecule has 4 amide bonds. The van der Waals surface area contributed by atoms with Crippen molar-refractivity contribution in [2.75, 3.05) is 6.54 Å². The summed E-state index contributed by atoms with van der Waals surface area (Å²) in [5.41, 5.74) is 6.72. The molecule has 3 unspecified atom stereocenters. The lowest BCUT2D eigenvalue weighted by molar-refractivity contribution is -0.176. The molecule has 162 valence electrons. The fourth-order valence-electron chi connectivity index (χ4n) is 3.47. The van der Waals surface area contributed by atoms with Crippen LogP contribution in [0.1, 0.15) is 39.0 Å². The van der Waals surface area contributed by atoms with E-state index in [0.717, 1.165) is 10.0 Å². The Morgan fingerprint density at radius 2 is 2.00 bits per heavy atom. The minimum atomic E-state index is -1.48. The molecule has 13 nitrogen and oxygen atoms in total. The number of carboxylic acids is 1. The van der Waals surface area contributed by atoms with Crippen molar-refractivity contribution in [3.8, 4) is 0 Å². The molecule has 0 bridgehead atoms. The number of aliphatic carboxylic acids is 1. The maximum atomic E-state index is 13.0. The average molecular weight is 423 g/mol. The van der Waals surface area contributed by atoms with Crippen LogP contribution in [-0.2, 0) is 28.8 Å². The first-order valence-electron chi connectivity index (χ1n) is 9.32. The molecule has 0 spiro atoms. The monoisotopic (exact) mass is 423 g/mol. The fourth-order valence-corrected chi connectivity index (χ4v) is 3.47. The van der Waals surface area contributed by atoms with Gasteiger partial charge in [-0.3, -0.25) is 33.8 Å². The molecule has 0 aromatic carbocycles. The number of carbonyl (C=O) groups excluding carboxylic acids is 5. The molecule has 0 saturated carbocycles. The van der Waals surface area contributed by atoms with Crippen LogP contribution in [0.15, 0.2) is 0 Å². The van der Waals surface area contributed by atoms with Crippen LogP contribution in [0.4, 0.5) is 0 Å². The predicted molar refractivity (Wildman–Crippen MR) is 96.7 cm³/mol. The van der Waals surface area contributed by atoms with Crippen LogP contribution in [0.25, 0.3) is 0 Å². The van der Waals surface area contributed by atoms with Crippen molar-refractivity contribution in [3.63, 3.8) is 0 Å². The van der Waals surface area contributed by atoms with Crippen molar-refractivity contribution in [2.24, 2.45) is 0 Å². The SMILES string of the molecule is CC(=O)NC1CCC(=O)N2CCCC(C(=O)NC(CC(=O)O)C(=O)C=[N+]=N)N2C1=O. The Morgan fingerprint density at radius 1 is 1.30 bits per heavy atom. The molecule has 2 aliphatic heterocycles. The zero-order valence-electron chi connectivity index (χ0n) is 16.3. The van der Waals surface area contributed by atoms with Crippen molar-refractivity contribution in [3.05, 3.63) is 0 Å². The van der Waals surface area contributed by atoms with Gasteiger partial charge < -0.3 is 15.7 Å². The lowest BCUT2D eigenvalue weighted by Gasteiger charge is -2.43. The minimum Gasteiger partial charge on any atom is -0.481 e. The number of Topliss-reactive ketones (excluding diaryl/α,β-unsaturated/α-hetero) is 1. The number of hydrogen-bond donors (Lipinski definition) is 4. The lowest BCUT2D eigenvalue weighted by atomic mass is 10.0. The van der Waals surface area contributed by atoms with Gasteiger partial charge in [-0.1, -0.05) is 0 Å². The second-order valence-corrected chi connectivity index (χ2v) is 6.97. The van der Waals surface area contributed by atoms with Crippen LogP contribution < -0.4 is 10.6 Å². The molecule has 0 aliphatic carbocycles. The molecule has 4 N–H and O–H groups in total. The maximum Gasteiger partial charge on any atom is 0.374 e. The topological polar surface area (TPSA) is 191 Å². The summed E-state index contributed by atoms with van der Waals surface area (Å²) in [6, 6.07) is -3.64. The molecule has 2 heterocycles. The van der Waals surface area contributed by atoms with E-state index in [4.69, 9.17) is 10.6 Å². The van der Waals surface area contributed by atoms with Gasteiger partial charge in [-0.05, 0) is 19.3 Å². The van der Waals surface area contributed by atoms with Crippen molar-refractivity contribution >= 4 is 41.6 Å². The van der Waals surface area contributed by atoms with E-state index in [1.54, 1.807) is 0 Å². The van der Waals surface area contributed by atoms with Crippen LogP contribution in [0, 0.1) is 5.53 Å². The lowest BCUT2D eigenvalue weighted by Crippen LogP contribution is -2.64. The van der Waals surface area contributed by atoms with Gasteiger partial charge >= 0.3 is 12.2 Å². The number of carboxylic acid groups (broad SMARTS) is 1. The van der Waals surface area contributed by atoms with E-state index in [1.807, 2.05) is 0 Å². The Hall–Kier alpha value is -3.60. The molecule has 3 atom stereocenters. The summed E-state index contributed by atoms with van der Waals surface area (Å²) in [5, 5.41) is 15.9. The van der Waals surface area contributed by atoms with Crippen molar-refractivity contribution in [1.82, 2.24) is 20.7 Å². The van der Waals surface area contributed by atoms with Gasteiger partial charge in [0.2, 0.25) is 17.7 Å². The Balaban J connectivity index is 2.29. The first-order valence-corrected chi connectivity index (χ1v) is 9.32. The van der Waals surface area contributed by atoms with Gasteiger partial charge in [0.25, 0.3) is 11.7 Å². The number of amides is 4. The molecular formula is C17H23N6O7+. The summed E-state index contributed by atoms with van der Waals surface area (Å²) >= 11 is 0. The van der Waals surface area contributed by atoms with Gasteiger partial charge in [0.05, 0.1) is 16.7 Å². The highest BCUT2D eigenvalue weighted by Crippen LogP contribution is 2.25. The first-order chi connectivity index (χ1) is 14.1. The quantitative estimate of drug-likeness (QED) is 0.204. The Bertz CT molecular complexity index is 821. The molecule has 2 rings (SSSR count). The van der Waals surface area contributed by atoms with Crippen LogP contribution in [0.5, 0.6) is 0 Å². The van der Waals surface area contributed by atoms with Crippen molar-refractivity contribution in [1.29, 1.82) is 5.53 Å². The zero-order valence-corrected chi connectivity index (χ0v) is 16.3. The van der Waals surface area contributed by atoms with Crippen LogP contribution in [0.3, 0.4) is 0 Å². The van der Waals surface area contributed by atoms with E-state index in [0.29, 0.717) is 12.6 Å². The predicted octanol–water partition coefficient (Wildman–Crippen LogP) is -2.14. The number of hydrogen-bond acceptors (Lipinski definition) is 7. The third kappa shape index (κ3) is 5.26. The third-order valence-corrected chi connectivity index (χ3v) is 4.77. The second kappa shape index (κ2) is 9.74. The van der Waals surface area contributed by atoms with Crippen LogP contribution in [-0.4, -0.2) is 86.2 Å². The number of hydrazine groups is 1. The Kier molecular flexibility index (Phi) is 7.37. The molecular weight excluding hydrogens is 400 g/mol. The number of fused-ring (bicyclic) bond motifs is 1. The highest BCUT2D eigenvalue weighted by Gasteiger charge is 2.45. The summed E-state index contributed by atoms with van der Waals surface area (Å²) in [5.74, 6) is -4.54. The van der Waals surface area contributed by atoms with Crippen molar-refractivity contribution < 1.29 is 38.7 Å². The van der Waals surface area contributed by atoms with Gasteiger partial charge in [-0.15, -0.1) is 0 Å². The van der Waals surface area contributed by atoms with Gasteiger partial charge in [0.1, 0.15) is 18.1 Å². The first kappa shape index (κ1) is 22.7. The zero-order chi connectivity index (χ0) is 22.4. The molecule has 0 radical (unpaired) electrons. The number of nitrogens with one attached hydrogen (secondary N) is 3. The normalized spacial score (nSPS) is 22.2. The molecule has 2 fully saturated rings. The van der Waals surface area contributed by atoms with Gasteiger partial charge in [0.15, 0.2) is 0 Å². The number of ketones is 1. The van der Waals surface area contributed by atoms with Gasteiger partial charge in [-0.2, -0.15) is 0 Å². The smallest absolute Gasteiger partial charge is 0.374 e. The van der Waals surface area contributed by atoms with E-state index in [9.17, 15) is 28.8 Å². The van der Waals surface area contributed by atoms with Gasteiger partial charge in [-0.25, -0.2) is 5.01 Å². The molecule has 0 aromatic heterocycles. The molecule has 2 aliphatic rings. The van der Waals surface area contributed by atoms with Crippen LogP contribution >= 0.6 is 0 Å². The van der Waals surface area contributed by atoms with E-state index in [1.165, 1.54) is 6.92 Å². The molecule has 2 saturated heterocycles. The highest BCUT2D eigenvalue weighted by atomic mass is 16.4. The van der Waals surface area contributed by atoms with Crippen LogP contribution in [0.2, 0.25) is 0 Å². The summed E-state index contributed by atoms with van der Waals surface area (Å²) in [6.45, 7) is 1.44. The Morgan fingerprint density at radius 3 is 2.60 bits per heavy atom. The Labute approximate surface area is 171 Å². The van der Waals surface area contributed by atoms with Gasteiger partial charge in [0, 0.05) is 19.9 Å². The van der Waals surface area contributed by atoms with E-state index < -0.39 is 54.0 Å². The summed E-state index contributed by atoms with van der Waals surface area (Å²) in [4.78, 5) is 75.6. The largest absolute Gasteiger partial charge is 0.481 e. The van der Waals surface area contributed by atoms with E-state index in [-0.39, 0.29) is 31.7 Å². The second-order valence-electron chi connectivity index (χ2n) is 6.97. The number of nitrogens with zero attached hydrogens (tertiary/aromatic N) is 3. The van der Waals surface area contributed by atoms with E-state index in [2.05, 4.69) is 15.4 Å². The molecule has 30 heavy (non-hydrogen) atoms. The number of carbonyl (C=O) groups is 6. The standard InChI is InChI=1S/C17H22N6O7/c1-9(24)20-10-4-5-14(26)22-6-2-3-12(23(22)17(10)30)16(29)21-11(7-15(27)28)13(25)8-19-18/h8,10-12,18H,2-7H2,1H3,(H2-,20,21,24,27,28,29)/p+1.